The number of carbonyl (C=O) groups is 2. The van der Waals surface area contributed by atoms with Crippen molar-refractivity contribution in [1.82, 2.24) is 14.1 Å². The minimum absolute atomic E-state index is 0.0250. The van der Waals surface area contributed by atoms with E-state index in [0.717, 1.165) is 21.3 Å². The summed E-state index contributed by atoms with van der Waals surface area (Å²) in [6, 6.07) is 9.35. The van der Waals surface area contributed by atoms with Crippen LogP contribution in [-0.2, 0) is 21.4 Å². The number of fused-ring (bicyclic) bond motifs is 1. The quantitative estimate of drug-likeness (QED) is 0.542. The molecule has 3 aromatic rings. The molecule has 0 saturated heterocycles. The lowest BCUT2D eigenvalue weighted by molar-refractivity contribution is -0.126. The molecule has 0 radical (unpaired) electrons. The highest BCUT2D eigenvalue weighted by Crippen LogP contribution is 2.41. The van der Waals surface area contributed by atoms with Gasteiger partial charge in [0.15, 0.2) is 5.78 Å². The Labute approximate surface area is 189 Å². The maximum Gasteiger partial charge on any atom is 0.256 e. The fourth-order valence-electron chi connectivity index (χ4n) is 3.74. The van der Waals surface area contributed by atoms with Crippen molar-refractivity contribution in [2.75, 3.05) is 11.9 Å². The van der Waals surface area contributed by atoms with E-state index in [1.54, 1.807) is 67.3 Å². The third-order valence-corrected chi connectivity index (χ3v) is 8.68. The van der Waals surface area contributed by atoms with E-state index in [1.807, 2.05) is 0 Å². The van der Waals surface area contributed by atoms with Crippen LogP contribution in [0.4, 0.5) is 5.00 Å². The van der Waals surface area contributed by atoms with Gasteiger partial charge in [-0.05, 0) is 42.3 Å². The van der Waals surface area contributed by atoms with E-state index in [2.05, 4.69) is 10.4 Å². The Bertz CT molecular complexity index is 1250. The van der Waals surface area contributed by atoms with E-state index in [-0.39, 0.29) is 22.6 Å². The number of amides is 1. The molecule has 1 atom stereocenters. The molecule has 0 aliphatic carbocycles. The number of thiophene rings is 1. The second-order valence-corrected chi connectivity index (χ2v) is 10.9. The molecule has 3 heterocycles. The fraction of sp³-hybridized carbons (Fsp3) is 0.286. The molecule has 1 aliphatic rings. The SMILES string of the molecule is CC(C)[C@H](C(=O)CO)N1Cc2cc(NC(=O)c3ccc(-n4cccn4)cc3)sc2S1(=O)=O. The second kappa shape index (κ2) is 8.58. The summed E-state index contributed by atoms with van der Waals surface area (Å²) in [6.07, 6.45) is 3.46. The van der Waals surface area contributed by atoms with Crippen molar-refractivity contribution in [2.24, 2.45) is 5.92 Å². The molecule has 11 heteroatoms. The minimum Gasteiger partial charge on any atom is -0.389 e. The van der Waals surface area contributed by atoms with Crippen LogP contribution < -0.4 is 5.32 Å². The van der Waals surface area contributed by atoms with Gasteiger partial charge in [0.2, 0.25) is 0 Å². The summed E-state index contributed by atoms with van der Waals surface area (Å²) in [7, 11) is -3.90. The maximum atomic E-state index is 13.1. The predicted molar refractivity (Wildman–Crippen MR) is 119 cm³/mol. The molecule has 168 valence electrons. The average molecular weight is 475 g/mol. The Balaban J connectivity index is 1.51. The highest BCUT2D eigenvalue weighted by molar-refractivity contribution is 7.91. The first kappa shape index (κ1) is 22.3. The molecule has 0 spiro atoms. The number of nitrogens with zero attached hydrogens (tertiary/aromatic N) is 3. The van der Waals surface area contributed by atoms with Gasteiger partial charge >= 0.3 is 0 Å². The number of Topliss-reactive ketones (excluding diaryl/α,β-unsaturated/α-hetero) is 1. The number of aliphatic hydroxyl groups excluding tert-OH is 1. The summed E-state index contributed by atoms with van der Waals surface area (Å²) >= 11 is 0.956. The fourth-order valence-corrected chi connectivity index (χ4v) is 7.15. The smallest absolute Gasteiger partial charge is 0.256 e. The Morgan fingerprint density at radius 3 is 2.53 bits per heavy atom. The maximum absolute atomic E-state index is 13.1. The molecule has 9 nitrogen and oxygen atoms in total. The molecule has 0 unspecified atom stereocenters. The normalized spacial score (nSPS) is 16.1. The number of aliphatic hydroxyl groups is 1. The number of sulfonamides is 1. The van der Waals surface area contributed by atoms with Crippen LogP contribution in [0, 0.1) is 5.92 Å². The number of hydrogen-bond donors (Lipinski definition) is 2. The number of nitrogens with one attached hydrogen (secondary N) is 1. The molecule has 0 saturated carbocycles. The van der Waals surface area contributed by atoms with Crippen LogP contribution in [0.5, 0.6) is 0 Å². The largest absolute Gasteiger partial charge is 0.389 e. The summed E-state index contributed by atoms with van der Waals surface area (Å²) < 4.78 is 29.0. The van der Waals surface area contributed by atoms with Crippen LogP contribution in [0.2, 0.25) is 0 Å². The highest BCUT2D eigenvalue weighted by Gasteiger charge is 2.44. The lowest BCUT2D eigenvalue weighted by Crippen LogP contribution is -2.46. The average Bonchev–Trinajstić information content (AvgIpc) is 3.47. The van der Waals surface area contributed by atoms with Crippen molar-refractivity contribution in [3.8, 4) is 5.69 Å². The number of ketones is 1. The summed E-state index contributed by atoms with van der Waals surface area (Å²) in [5.74, 6) is -1.19. The van der Waals surface area contributed by atoms with Gasteiger partial charge in [-0.25, -0.2) is 13.1 Å². The molecule has 0 bridgehead atoms. The van der Waals surface area contributed by atoms with Crippen molar-refractivity contribution < 1.29 is 23.1 Å². The number of hydrogen-bond acceptors (Lipinski definition) is 7. The molecular formula is C21H22N4O5S2. The van der Waals surface area contributed by atoms with E-state index in [0.29, 0.717) is 16.1 Å². The Morgan fingerprint density at radius 2 is 1.97 bits per heavy atom. The van der Waals surface area contributed by atoms with Crippen molar-refractivity contribution >= 4 is 38.1 Å². The summed E-state index contributed by atoms with van der Waals surface area (Å²) in [4.78, 5) is 24.8. The van der Waals surface area contributed by atoms with Crippen molar-refractivity contribution in [1.29, 1.82) is 0 Å². The minimum atomic E-state index is -3.90. The predicted octanol–water partition coefficient (Wildman–Crippen LogP) is 2.28. The topological polar surface area (TPSA) is 122 Å². The molecule has 2 aromatic heterocycles. The van der Waals surface area contributed by atoms with Gasteiger partial charge < -0.3 is 10.4 Å². The summed E-state index contributed by atoms with van der Waals surface area (Å²) in [5.41, 5.74) is 1.76. The van der Waals surface area contributed by atoms with Crippen molar-refractivity contribution in [3.05, 3.63) is 59.9 Å². The first-order chi connectivity index (χ1) is 15.2. The summed E-state index contributed by atoms with van der Waals surface area (Å²) in [6.45, 7) is 2.78. The van der Waals surface area contributed by atoms with Crippen molar-refractivity contribution in [2.45, 2.75) is 30.6 Å². The monoisotopic (exact) mass is 474 g/mol. The highest BCUT2D eigenvalue weighted by atomic mass is 32.2. The molecule has 32 heavy (non-hydrogen) atoms. The molecule has 0 fully saturated rings. The van der Waals surface area contributed by atoms with Gasteiger partial charge in [0.25, 0.3) is 15.9 Å². The van der Waals surface area contributed by atoms with Crippen LogP contribution in [0.15, 0.2) is 53.0 Å². The van der Waals surface area contributed by atoms with Gasteiger partial charge in [0.05, 0.1) is 16.7 Å². The second-order valence-electron chi connectivity index (χ2n) is 7.74. The van der Waals surface area contributed by atoms with Crippen molar-refractivity contribution in [3.63, 3.8) is 0 Å². The standard InChI is InChI=1S/C21H22N4O5S2/c1-13(2)19(17(27)12-26)25-11-15-10-18(31-21(15)32(25,29)30)23-20(28)14-4-6-16(7-5-14)24-9-3-8-22-24/h3-10,13,19,26H,11-12H2,1-2H3,(H,23,28)/t19-/m1/s1. The van der Waals surface area contributed by atoms with Gasteiger partial charge in [-0.1, -0.05) is 13.8 Å². The third-order valence-electron chi connectivity index (χ3n) is 5.20. The number of benzene rings is 1. The van der Waals surface area contributed by atoms with Gasteiger partial charge in [-0.3, -0.25) is 9.59 Å². The molecule has 4 rings (SSSR count). The number of anilines is 1. The van der Waals surface area contributed by atoms with E-state index < -0.39 is 28.5 Å². The molecular weight excluding hydrogens is 452 g/mol. The van der Waals surface area contributed by atoms with Gasteiger partial charge in [-0.2, -0.15) is 9.40 Å². The van der Waals surface area contributed by atoms with Gasteiger partial charge in [0.1, 0.15) is 10.8 Å². The van der Waals surface area contributed by atoms with Crippen LogP contribution in [0.1, 0.15) is 29.8 Å². The Morgan fingerprint density at radius 1 is 1.25 bits per heavy atom. The number of carbonyl (C=O) groups excluding carboxylic acids is 2. The first-order valence-electron chi connectivity index (χ1n) is 9.92. The molecule has 1 amide bonds. The van der Waals surface area contributed by atoms with E-state index in [1.165, 1.54) is 0 Å². The molecule has 2 N–H and O–H groups in total. The summed E-state index contributed by atoms with van der Waals surface area (Å²) in [5, 5.41) is 16.6. The lowest BCUT2D eigenvalue weighted by atomic mass is 10.00. The number of aromatic nitrogens is 2. The zero-order valence-corrected chi connectivity index (χ0v) is 19.1. The zero-order valence-electron chi connectivity index (χ0n) is 17.4. The van der Waals surface area contributed by atoms with Crippen LogP contribution in [-0.4, -0.2) is 51.9 Å². The lowest BCUT2D eigenvalue weighted by Gasteiger charge is -2.27. The Kier molecular flexibility index (Phi) is 5.99. The van der Waals surface area contributed by atoms with Crippen LogP contribution >= 0.6 is 11.3 Å². The molecule has 1 aliphatic heterocycles. The van der Waals surface area contributed by atoms with E-state index in [4.69, 9.17) is 0 Å². The van der Waals surface area contributed by atoms with E-state index in [9.17, 15) is 23.1 Å². The van der Waals surface area contributed by atoms with Crippen LogP contribution in [0.25, 0.3) is 5.69 Å². The third kappa shape index (κ3) is 3.99. The Hall–Kier alpha value is -2.86. The first-order valence-corrected chi connectivity index (χ1v) is 12.2. The molecule has 1 aromatic carbocycles. The van der Waals surface area contributed by atoms with Crippen LogP contribution in [0.3, 0.4) is 0 Å². The van der Waals surface area contributed by atoms with Gasteiger partial charge in [-0.15, -0.1) is 11.3 Å². The zero-order chi connectivity index (χ0) is 23.0. The van der Waals surface area contributed by atoms with E-state index >= 15 is 0 Å². The van der Waals surface area contributed by atoms with Gasteiger partial charge in [0, 0.05) is 30.1 Å². The number of rotatable bonds is 7.